The van der Waals surface area contributed by atoms with Gasteiger partial charge in [-0.25, -0.2) is 4.79 Å². The van der Waals surface area contributed by atoms with Gasteiger partial charge in [0.2, 0.25) is 0 Å². The first-order valence-electron chi connectivity index (χ1n) is 7.60. The molecule has 1 aromatic rings. The van der Waals surface area contributed by atoms with Crippen LogP contribution in [-0.4, -0.2) is 35.2 Å². The van der Waals surface area contributed by atoms with E-state index in [1.165, 1.54) is 4.90 Å². The van der Waals surface area contributed by atoms with Crippen LogP contribution in [0.4, 0.5) is 4.79 Å². The number of carbonyl (C=O) groups excluding carboxylic acids is 2. The lowest BCUT2D eigenvalue weighted by Gasteiger charge is -2.28. The molecule has 1 aliphatic rings. The summed E-state index contributed by atoms with van der Waals surface area (Å²) in [7, 11) is 0. The highest BCUT2D eigenvalue weighted by Gasteiger charge is 2.38. The van der Waals surface area contributed by atoms with Crippen molar-refractivity contribution >= 4 is 23.7 Å². The van der Waals surface area contributed by atoms with Crippen LogP contribution in [0.2, 0.25) is 5.02 Å². The monoisotopic (exact) mass is 338 g/mol. The standard InChI is InChI=1S/C17H22ClNO4/c1-17(2,3)23-16(22)19-10-12(9-14(19)15(20)21)8-11-4-6-13(18)7-5-11/h4-7,12,14H,8-10H2,1-3H3,(H,20,21)/p-1/t12-,14+/m1/s1. The first kappa shape index (κ1) is 17.6. The molecule has 1 heterocycles. The summed E-state index contributed by atoms with van der Waals surface area (Å²) < 4.78 is 5.29. The normalized spacial score (nSPS) is 21.3. The third kappa shape index (κ3) is 4.86. The Morgan fingerprint density at radius 3 is 2.43 bits per heavy atom. The molecule has 0 saturated carbocycles. The number of likely N-dealkylation sites (tertiary alicyclic amines) is 1. The molecule has 0 aliphatic carbocycles. The van der Waals surface area contributed by atoms with E-state index in [1.54, 1.807) is 32.9 Å². The topological polar surface area (TPSA) is 69.7 Å². The summed E-state index contributed by atoms with van der Waals surface area (Å²) in [6.45, 7) is 5.59. The van der Waals surface area contributed by atoms with Crippen LogP contribution in [-0.2, 0) is 16.0 Å². The zero-order valence-corrected chi connectivity index (χ0v) is 14.3. The Balaban J connectivity index is 2.06. The van der Waals surface area contributed by atoms with Crippen LogP contribution in [0.25, 0.3) is 0 Å². The van der Waals surface area contributed by atoms with Gasteiger partial charge in [0.1, 0.15) is 5.60 Å². The van der Waals surface area contributed by atoms with Gasteiger partial charge in [0.25, 0.3) is 0 Å². The number of carboxylic acid groups (broad SMARTS) is 1. The number of hydrogen-bond acceptors (Lipinski definition) is 4. The highest BCUT2D eigenvalue weighted by atomic mass is 35.5. The molecular weight excluding hydrogens is 318 g/mol. The molecule has 1 saturated heterocycles. The van der Waals surface area contributed by atoms with Crippen molar-refractivity contribution in [2.24, 2.45) is 5.92 Å². The highest BCUT2D eigenvalue weighted by Crippen LogP contribution is 2.28. The molecule has 6 heteroatoms. The Labute approximate surface area is 141 Å². The minimum absolute atomic E-state index is 0.0478. The van der Waals surface area contributed by atoms with E-state index in [2.05, 4.69) is 0 Å². The molecule has 1 aliphatic heterocycles. The van der Waals surface area contributed by atoms with Crippen LogP contribution in [0.1, 0.15) is 32.8 Å². The number of rotatable bonds is 3. The van der Waals surface area contributed by atoms with Gasteiger partial charge in [0.15, 0.2) is 0 Å². The van der Waals surface area contributed by atoms with E-state index in [9.17, 15) is 14.7 Å². The number of ether oxygens (including phenoxy) is 1. The lowest BCUT2D eigenvalue weighted by atomic mass is 9.97. The SMILES string of the molecule is CC(C)(C)OC(=O)N1C[C@H](Cc2ccc(Cl)cc2)C[C@H]1C(=O)[O-]. The number of hydrogen-bond donors (Lipinski definition) is 0. The Kier molecular flexibility index (Phi) is 5.19. The molecule has 5 nitrogen and oxygen atoms in total. The Morgan fingerprint density at radius 1 is 1.30 bits per heavy atom. The third-order valence-electron chi connectivity index (χ3n) is 3.73. The first-order valence-corrected chi connectivity index (χ1v) is 7.98. The number of nitrogens with zero attached hydrogens (tertiary/aromatic N) is 1. The van der Waals surface area contributed by atoms with Crippen molar-refractivity contribution in [1.82, 2.24) is 4.90 Å². The second-order valence-corrected chi connectivity index (χ2v) is 7.34. The summed E-state index contributed by atoms with van der Waals surface area (Å²) in [5.74, 6) is -1.19. The number of carboxylic acids is 1. The van der Waals surface area contributed by atoms with Crippen LogP contribution in [0.5, 0.6) is 0 Å². The number of carbonyl (C=O) groups is 2. The summed E-state index contributed by atoms with van der Waals surface area (Å²) in [5, 5.41) is 12.0. The maximum Gasteiger partial charge on any atom is 0.410 e. The first-order chi connectivity index (χ1) is 10.7. The lowest BCUT2D eigenvalue weighted by Crippen LogP contribution is -2.48. The average Bonchev–Trinajstić information content (AvgIpc) is 2.84. The minimum atomic E-state index is -1.24. The van der Waals surface area contributed by atoms with E-state index in [0.29, 0.717) is 24.4 Å². The van der Waals surface area contributed by atoms with Gasteiger partial charge in [-0.05, 0) is 57.2 Å². The number of aliphatic carboxylic acids is 1. The number of halogens is 1. The summed E-state index contributed by atoms with van der Waals surface area (Å²) in [4.78, 5) is 24.8. The van der Waals surface area contributed by atoms with Crippen molar-refractivity contribution in [2.75, 3.05) is 6.54 Å². The van der Waals surface area contributed by atoms with Crippen molar-refractivity contribution < 1.29 is 19.4 Å². The molecule has 1 fully saturated rings. The number of amides is 1. The molecule has 2 atom stereocenters. The molecule has 1 aromatic carbocycles. The summed E-state index contributed by atoms with van der Waals surface area (Å²) in [6.07, 6.45) is 0.440. The third-order valence-corrected chi connectivity index (χ3v) is 3.98. The summed E-state index contributed by atoms with van der Waals surface area (Å²) in [5.41, 5.74) is 0.393. The van der Waals surface area contributed by atoms with Gasteiger partial charge in [0, 0.05) is 11.6 Å². The minimum Gasteiger partial charge on any atom is -0.548 e. The largest absolute Gasteiger partial charge is 0.548 e. The summed E-state index contributed by atoms with van der Waals surface area (Å²) in [6, 6.07) is 6.47. The van der Waals surface area contributed by atoms with Gasteiger partial charge in [-0.2, -0.15) is 0 Å². The zero-order valence-electron chi connectivity index (χ0n) is 13.5. The van der Waals surface area contributed by atoms with Crippen molar-refractivity contribution in [3.8, 4) is 0 Å². The molecule has 2 rings (SSSR count). The molecule has 0 N–H and O–H groups in total. The number of benzene rings is 1. The van der Waals surface area contributed by atoms with E-state index in [0.717, 1.165) is 5.56 Å². The van der Waals surface area contributed by atoms with Crippen LogP contribution in [0.3, 0.4) is 0 Å². The zero-order chi connectivity index (χ0) is 17.2. The predicted octanol–water partition coefficient (Wildman–Crippen LogP) is 2.26. The maximum atomic E-state index is 12.2. The van der Waals surface area contributed by atoms with E-state index in [-0.39, 0.29) is 5.92 Å². The lowest BCUT2D eigenvalue weighted by molar-refractivity contribution is -0.310. The van der Waals surface area contributed by atoms with Gasteiger partial charge in [0.05, 0.1) is 12.0 Å². The van der Waals surface area contributed by atoms with Crippen molar-refractivity contribution in [3.63, 3.8) is 0 Å². The van der Waals surface area contributed by atoms with Crippen LogP contribution in [0.15, 0.2) is 24.3 Å². The van der Waals surface area contributed by atoms with Gasteiger partial charge >= 0.3 is 6.09 Å². The fraction of sp³-hybridized carbons (Fsp3) is 0.529. The second kappa shape index (κ2) is 6.79. The van der Waals surface area contributed by atoms with Crippen LogP contribution >= 0.6 is 11.6 Å². The molecule has 126 valence electrons. The van der Waals surface area contributed by atoms with Gasteiger partial charge < -0.3 is 14.6 Å². The molecule has 1 amide bonds. The Bertz CT molecular complexity index is 579. The van der Waals surface area contributed by atoms with Crippen molar-refractivity contribution in [2.45, 2.75) is 45.3 Å². The fourth-order valence-corrected chi connectivity index (χ4v) is 2.90. The van der Waals surface area contributed by atoms with Crippen molar-refractivity contribution in [3.05, 3.63) is 34.9 Å². The Hall–Kier alpha value is -1.75. The average molecular weight is 339 g/mol. The summed E-state index contributed by atoms with van der Waals surface area (Å²) >= 11 is 5.86. The van der Waals surface area contributed by atoms with Gasteiger partial charge in [-0.15, -0.1) is 0 Å². The molecule has 0 radical (unpaired) electrons. The Morgan fingerprint density at radius 2 is 1.91 bits per heavy atom. The quantitative estimate of drug-likeness (QED) is 0.847. The highest BCUT2D eigenvalue weighted by molar-refractivity contribution is 6.30. The van der Waals surface area contributed by atoms with Crippen LogP contribution in [0, 0.1) is 5.92 Å². The maximum absolute atomic E-state index is 12.2. The molecular formula is C17H21ClNO4-. The molecule has 0 spiro atoms. The molecule has 0 bridgehead atoms. The van der Waals surface area contributed by atoms with Crippen LogP contribution < -0.4 is 5.11 Å². The fourth-order valence-electron chi connectivity index (χ4n) is 2.77. The molecule has 0 aromatic heterocycles. The predicted molar refractivity (Wildman–Crippen MR) is 85.0 cm³/mol. The van der Waals surface area contributed by atoms with Gasteiger partial charge in [-0.1, -0.05) is 23.7 Å². The van der Waals surface area contributed by atoms with Gasteiger partial charge in [-0.3, -0.25) is 4.90 Å². The van der Waals surface area contributed by atoms with E-state index in [4.69, 9.17) is 16.3 Å². The molecule has 0 unspecified atom stereocenters. The van der Waals surface area contributed by atoms with E-state index >= 15 is 0 Å². The van der Waals surface area contributed by atoms with E-state index < -0.39 is 23.7 Å². The van der Waals surface area contributed by atoms with E-state index in [1.807, 2.05) is 12.1 Å². The second-order valence-electron chi connectivity index (χ2n) is 6.90. The van der Waals surface area contributed by atoms with Crippen molar-refractivity contribution in [1.29, 1.82) is 0 Å². The smallest absolute Gasteiger partial charge is 0.410 e. The molecule has 23 heavy (non-hydrogen) atoms.